The van der Waals surface area contributed by atoms with Gasteiger partial charge in [-0.05, 0) is 6.92 Å². The summed E-state index contributed by atoms with van der Waals surface area (Å²) in [6, 6.07) is 0. The molecule has 0 saturated heterocycles. The van der Waals surface area contributed by atoms with Crippen molar-refractivity contribution in [1.29, 1.82) is 0 Å². The minimum absolute atomic E-state index is 0.938. The van der Waals surface area contributed by atoms with Gasteiger partial charge in [0.15, 0.2) is 0 Å². The maximum Gasteiger partial charge on any atom is 0.0846 e. The number of likely N-dealkylation sites (N-methyl/N-ethyl adjacent to an activating group) is 1. The molecule has 0 N–H and O–H groups in total. The summed E-state index contributed by atoms with van der Waals surface area (Å²) in [4.78, 5) is 5.87. The first kappa shape index (κ1) is 8.21. The summed E-state index contributed by atoms with van der Waals surface area (Å²) in [5, 5.41) is 0. The molecule has 0 aromatic rings. The molecule has 0 unspecified atom stereocenters. The number of aliphatic imine (C=N–C) groups is 1. The quantitative estimate of drug-likeness (QED) is 0.314. The monoisotopic (exact) mass is 126 g/mol. The number of hydrogen-bond donors (Lipinski definition) is 0. The summed E-state index contributed by atoms with van der Waals surface area (Å²) in [5.41, 5.74) is 0. The molecule has 0 bridgehead atoms. The van der Waals surface area contributed by atoms with Gasteiger partial charge in [0.1, 0.15) is 0 Å². The van der Waals surface area contributed by atoms with Crippen LogP contribution in [0.4, 0.5) is 0 Å². The highest BCUT2D eigenvalue weighted by molar-refractivity contribution is 5.54. The summed E-state index contributed by atoms with van der Waals surface area (Å²) < 4.78 is 0. The first-order chi connectivity index (χ1) is 4.31. The average Bonchev–Trinajstić information content (AvgIpc) is 1.85. The minimum atomic E-state index is 0.938. The van der Waals surface area contributed by atoms with Gasteiger partial charge in [-0.15, -0.1) is 0 Å². The maximum atomic E-state index is 3.86. The van der Waals surface area contributed by atoms with Crippen LogP contribution >= 0.6 is 0 Å². The van der Waals surface area contributed by atoms with E-state index in [0.29, 0.717) is 0 Å². The lowest BCUT2D eigenvalue weighted by atomic mass is 10.5. The first-order valence-electron chi connectivity index (χ1n) is 3.05. The fourth-order valence-corrected chi connectivity index (χ4v) is 0.516. The van der Waals surface area contributed by atoms with Crippen molar-refractivity contribution in [3.05, 3.63) is 12.2 Å². The molecule has 0 heterocycles. The predicted molar refractivity (Wildman–Crippen MR) is 41.9 cm³/mol. The molecule has 0 rings (SSSR count). The second-order valence-electron chi connectivity index (χ2n) is 1.88. The van der Waals surface area contributed by atoms with Crippen LogP contribution in [0.2, 0.25) is 0 Å². The third kappa shape index (κ3) is 5.07. The van der Waals surface area contributed by atoms with Crippen molar-refractivity contribution in [1.82, 2.24) is 4.90 Å². The number of allylic oxidation sites excluding steroid dienone is 1. The van der Waals surface area contributed by atoms with Gasteiger partial charge in [0.25, 0.3) is 0 Å². The van der Waals surface area contributed by atoms with Crippen LogP contribution in [0, 0.1) is 0 Å². The summed E-state index contributed by atoms with van der Waals surface area (Å²) in [6.45, 7) is 2.95. The molecule has 0 aliphatic carbocycles. The normalized spacial score (nSPS) is 11.4. The van der Waals surface area contributed by atoms with E-state index in [1.54, 1.807) is 13.4 Å². The van der Waals surface area contributed by atoms with E-state index in [4.69, 9.17) is 0 Å². The maximum absolute atomic E-state index is 3.86. The summed E-state index contributed by atoms with van der Waals surface area (Å²) in [7, 11) is 3.76. The van der Waals surface area contributed by atoms with Gasteiger partial charge in [0.05, 0.1) is 6.34 Å². The van der Waals surface area contributed by atoms with Crippen molar-refractivity contribution in [3.8, 4) is 0 Å². The fourth-order valence-electron chi connectivity index (χ4n) is 0.516. The average molecular weight is 126 g/mol. The number of nitrogens with zero attached hydrogens (tertiary/aromatic N) is 2. The second kappa shape index (κ2) is 5.35. The Kier molecular flexibility index (Phi) is 4.88. The van der Waals surface area contributed by atoms with Gasteiger partial charge in [-0.2, -0.15) is 0 Å². The van der Waals surface area contributed by atoms with Crippen LogP contribution in [-0.2, 0) is 0 Å². The zero-order valence-electron chi connectivity index (χ0n) is 6.33. The van der Waals surface area contributed by atoms with E-state index in [1.165, 1.54) is 0 Å². The number of rotatable bonds is 3. The molecule has 52 valence electrons. The molecule has 9 heavy (non-hydrogen) atoms. The Hall–Kier alpha value is -0.790. The molecule has 0 fully saturated rings. The number of hydrogen-bond acceptors (Lipinski definition) is 1. The molecule has 0 atom stereocenters. The Morgan fingerprint density at radius 3 is 2.67 bits per heavy atom. The third-order valence-corrected chi connectivity index (χ3v) is 0.942. The molecule has 0 saturated carbocycles. The summed E-state index contributed by atoms with van der Waals surface area (Å²) >= 11 is 0. The Balaban J connectivity index is 3.37. The lowest BCUT2D eigenvalue weighted by molar-refractivity contribution is 0.580. The molecule has 2 heteroatoms. The van der Waals surface area contributed by atoms with Gasteiger partial charge in [-0.25, -0.2) is 0 Å². The highest BCUT2D eigenvalue weighted by Gasteiger charge is 1.81. The lowest BCUT2D eigenvalue weighted by Crippen LogP contribution is -2.15. The van der Waals surface area contributed by atoms with Crippen LogP contribution in [-0.4, -0.2) is 31.9 Å². The smallest absolute Gasteiger partial charge is 0.0846 e. The van der Waals surface area contributed by atoms with Gasteiger partial charge in [-0.1, -0.05) is 12.2 Å². The lowest BCUT2D eigenvalue weighted by Gasteiger charge is -2.07. The molecule has 0 spiro atoms. The zero-order chi connectivity index (χ0) is 7.11. The minimum Gasteiger partial charge on any atom is -0.362 e. The molecule has 0 aliphatic heterocycles. The van der Waals surface area contributed by atoms with Crippen molar-refractivity contribution >= 4 is 6.34 Å². The third-order valence-electron chi connectivity index (χ3n) is 0.942. The molecular formula is C7H14N2. The van der Waals surface area contributed by atoms with Gasteiger partial charge in [0, 0.05) is 20.6 Å². The van der Waals surface area contributed by atoms with Gasteiger partial charge >= 0.3 is 0 Å². The standard InChI is InChI=1S/C7H14N2/c1-4-5-6-9(3)7-8-2/h4-5,7H,6H2,1-3H3/b5-4+,8-7?. The Bertz CT molecular complexity index is 105. The molecule has 0 amide bonds. The van der Waals surface area contributed by atoms with Crippen molar-refractivity contribution in [3.63, 3.8) is 0 Å². The van der Waals surface area contributed by atoms with E-state index < -0.39 is 0 Å². The van der Waals surface area contributed by atoms with Crippen molar-refractivity contribution in [2.75, 3.05) is 20.6 Å². The molecule has 2 nitrogen and oxygen atoms in total. The van der Waals surface area contributed by atoms with Crippen LogP contribution in [0.1, 0.15) is 6.92 Å². The fraction of sp³-hybridized carbons (Fsp3) is 0.571. The topological polar surface area (TPSA) is 15.6 Å². The second-order valence-corrected chi connectivity index (χ2v) is 1.88. The van der Waals surface area contributed by atoms with Gasteiger partial charge < -0.3 is 4.90 Å². The molecular weight excluding hydrogens is 112 g/mol. The molecule has 0 aromatic heterocycles. The Morgan fingerprint density at radius 1 is 1.56 bits per heavy atom. The van der Waals surface area contributed by atoms with Gasteiger partial charge in [-0.3, -0.25) is 4.99 Å². The van der Waals surface area contributed by atoms with E-state index in [-0.39, 0.29) is 0 Å². The van der Waals surface area contributed by atoms with E-state index in [1.807, 2.05) is 24.9 Å². The van der Waals surface area contributed by atoms with Gasteiger partial charge in [0.2, 0.25) is 0 Å². The summed E-state index contributed by atoms with van der Waals surface area (Å²) in [6.07, 6.45) is 5.92. The van der Waals surface area contributed by atoms with E-state index in [0.717, 1.165) is 6.54 Å². The molecule has 0 aromatic carbocycles. The van der Waals surface area contributed by atoms with Crippen LogP contribution in [0.25, 0.3) is 0 Å². The van der Waals surface area contributed by atoms with Crippen molar-refractivity contribution in [2.45, 2.75) is 6.92 Å². The van der Waals surface area contributed by atoms with E-state index in [9.17, 15) is 0 Å². The molecule has 0 radical (unpaired) electrons. The molecule has 0 aliphatic rings. The Morgan fingerprint density at radius 2 is 2.22 bits per heavy atom. The zero-order valence-corrected chi connectivity index (χ0v) is 6.33. The predicted octanol–water partition coefficient (Wildman–Crippen LogP) is 1.15. The van der Waals surface area contributed by atoms with Crippen LogP contribution in [0.5, 0.6) is 0 Å². The van der Waals surface area contributed by atoms with Crippen LogP contribution in [0.3, 0.4) is 0 Å². The summed E-state index contributed by atoms with van der Waals surface area (Å²) in [5.74, 6) is 0. The first-order valence-corrected chi connectivity index (χ1v) is 3.05. The highest BCUT2D eigenvalue weighted by Crippen LogP contribution is 1.77. The largest absolute Gasteiger partial charge is 0.362 e. The van der Waals surface area contributed by atoms with Crippen molar-refractivity contribution in [2.24, 2.45) is 4.99 Å². The van der Waals surface area contributed by atoms with Crippen molar-refractivity contribution < 1.29 is 0 Å². The highest BCUT2D eigenvalue weighted by atomic mass is 15.1. The van der Waals surface area contributed by atoms with Crippen LogP contribution < -0.4 is 0 Å². The Labute approximate surface area is 56.9 Å². The van der Waals surface area contributed by atoms with E-state index >= 15 is 0 Å². The van der Waals surface area contributed by atoms with Crippen LogP contribution in [0.15, 0.2) is 17.1 Å². The SMILES string of the molecule is C/C=C/CN(C)C=NC. The van der Waals surface area contributed by atoms with E-state index in [2.05, 4.69) is 11.1 Å².